The number of hydrogen-bond acceptors (Lipinski definition) is 7. The van der Waals surface area contributed by atoms with Gasteiger partial charge in [-0.15, -0.1) is 0 Å². The molecule has 22 aromatic rings. The van der Waals surface area contributed by atoms with Crippen LogP contribution in [0, 0.1) is 0 Å². The second-order valence-corrected chi connectivity index (χ2v) is 28.6. The number of pyridine rings is 2. The minimum atomic E-state index is 0.641. The van der Waals surface area contributed by atoms with Crippen molar-refractivity contribution in [3.8, 4) is 124 Å². The monoisotopic (exact) mass is 1450 g/mol. The maximum Gasteiger partial charge on any atom is 0.164 e. The molecule has 0 fully saturated rings. The molecule has 0 aliphatic carbocycles. The van der Waals surface area contributed by atoms with Gasteiger partial charge in [-0.05, 0) is 104 Å². The Hall–Kier alpha value is -15.5. The molecule has 0 spiro atoms. The van der Waals surface area contributed by atoms with E-state index in [1.807, 2.05) is 84.9 Å². The summed E-state index contributed by atoms with van der Waals surface area (Å²) in [5, 5.41) is 11.5. The van der Waals surface area contributed by atoms with Crippen molar-refractivity contribution >= 4 is 87.0 Å². The van der Waals surface area contributed by atoms with Crippen LogP contribution in [0.5, 0.6) is 0 Å². The Kier molecular flexibility index (Phi) is 16.7. The molecule has 0 amide bonds. The van der Waals surface area contributed by atoms with Gasteiger partial charge in [0.1, 0.15) is 0 Å². The van der Waals surface area contributed by atoms with E-state index in [4.69, 9.17) is 34.9 Å². The Labute approximate surface area is 657 Å². The van der Waals surface area contributed by atoms with Gasteiger partial charge in [0.25, 0.3) is 0 Å². The summed E-state index contributed by atoms with van der Waals surface area (Å²) in [7, 11) is 0. The number of benzene rings is 16. The summed E-state index contributed by atoms with van der Waals surface area (Å²) in [5.41, 5.74) is 25.3. The van der Waals surface area contributed by atoms with Gasteiger partial charge in [-0.2, -0.15) is 0 Å². The van der Waals surface area contributed by atoms with Gasteiger partial charge in [-0.25, -0.2) is 34.9 Å². The van der Waals surface area contributed by atoms with E-state index in [2.05, 4.69) is 331 Å². The van der Waals surface area contributed by atoms with Gasteiger partial charge in [0.2, 0.25) is 0 Å². The second-order valence-electron chi connectivity index (χ2n) is 28.6. The highest BCUT2D eigenvalue weighted by Gasteiger charge is 2.25. The van der Waals surface area contributed by atoms with Crippen LogP contribution in [0.25, 0.3) is 211 Å². The first-order chi connectivity index (χ1) is 56.6. The van der Waals surface area contributed by atoms with Crippen molar-refractivity contribution in [2.45, 2.75) is 0 Å². The number of aromatic nitrogens is 9. The third-order valence-corrected chi connectivity index (χ3v) is 21.9. The Morgan fingerprint density at radius 3 is 0.904 bits per heavy atom. The van der Waals surface area contributed by atoms with E-state index in [1.54, 1.807) is 0 Å². The quantitative estimate of drug-likeness (QED) is 0.120. The van der Waals surface area contributed by atoms with Crippen LogP contribution in [-0.4, -0.2) is 44.0 Å². The third-order valence-electron chi connectivity index (χ3n) is 21.9. The largest absolute Gasteiger partial charge is 0.308 e. The van der Waals surface area contributed by atoms with Gasteiger partial charge in [-0.1, -0.05) is 346 Å². The zero-order chi connectivity index (χ0) is 75.4. The lowest BCUT2D eigenvalue weighted by Gasteiger charge is -2.14. The van der Waals surface area contributed by atoms with Crippen LogP contribution >= 0.6 is 0 Å². The Morgan fingerprint density at radius 1 is 0.175 bits per heavy atom. The molecule has 0 saturated heterocycles. The van der Waals surface area contributed by atoms with E-state index >= 15 is 0 Å². The van der Waals surface area contributed by atoms with Crippen molar-refractivity contribution in [1.29, 1.82) is 0 Å². The van der Waals surface area contributed by atoms with Crippen LogP contribution in [0.15, 0.2) is 406 Å². The molecular weight excluding hydrogens is 1390 g/mol. The normalized spacial score (nSPS) is 11.5. The second kappa shape index (κ2) is 28.5. The lowest BCUT2D eigenvalue weighted by Crippen LogP contribution is -2.00. The molecule has 9 heteroatoms. The summed E-state index contributed by atoms with van der Waals surface area (Å²) < 4.78 is 4.78. The van der Waals surface area contributed by atoms with Crippen LogP contribution in [-0.2, 0) is 0 Å². The molecule has 6 aromatic heterocycles. The molecule has 16 aromatic carbocycles. The molecule has 0 saturated carbocycles. The standard InChI is InChI=1S/C53H34N4.C52H33N5/c1-4-16-36(17-5-1)47-34-48(56-53(55-47)38-18-6-2-7-19-38)43-33-32-40(41-22-10-11-23-42(41)43)35-28-30-37(31-29-35)51-50-45-25-13-15-27-49(45)57(39-20-8-3-9-21-39)52(50)44-24-12-14-26-46(44)54-51;1-4-16-36(17-5-1)50-54-51(37-18-6-2-7-19-37)56-52(55-50)42-33-32-39(40-22-10-11-23-41(40)42)34-28-30-35(31-29-34)48-47-44-25-13-15-27-46(44)57(38-20-8-3-9-21-38)49(47)43-24-12-14-26-45(43)53-48/h1-34H;1-33H. The highest BCUT2D eigenvalue weighted by Crippen LogP contribution is 2.46. The molecule has 0 aliphatic rings. The highest BCUT2D eigenvalue weighted by molar-refractivity contribution is 6.24. The first-order valence-corrected chi connectivity index (χ1v) is 38.4. The van der Waals surface area contributed by atoms with Gasteiger partial charge >= 0.3 is 0 Å². The molecule has 9 nitrogen and oxygen atoms in total. The molecule has 0 N–H and O–H groups in total. The van der Waals surface area contributed by atoms with E-state index in [1.165, 1.54) is 27.2 Å². The van der Waals surface area contributed by atoms with Crippen LogP contribution in [0.4, 0.5) is 0 Å². The van der Waals surface area contributed by atoms with Gasteiger partial charge in [-0.3, -0.25) is 0 Å². The SMILES string of the molecule is c1ccc(-c2cc(-c3ccc(-c4ccc(-c5nc6ccccc6c6c5c5ccccc5n6-c5ccccc5)cc4)c4ccccc34)nc(-c3ccccc3)n2)cc1.c1ccc(-c2nc(-c3ccccc3)nc(-c3ccc(-c4ccc(-c5nc6ccccc6c6c5c5ccccc5n6-c5ccccc5)cc4)c4ccccc34)n2)cc1. The fraction of sp³-hybridized carbons (Fsp3) is 0. The van der Waals surface area contributed by atoms with Crippen molar-refractivity contribution < 1.29 is 0 Å². The Morgan fingerprint density at radius 2 is 0.474 bits per heavy atom. The molecule has 0 atom stereocenters. The predicted octanol–water partition coefficient (Wildman–Crippen LogP) is 26.6. The number of rotatable bonds is 12. The minimum Gasteiger partial charge on any atom is -0.308 e. The summed E-state index contributed by atoms with van der Waals surface area (Å²) in [6.45, 7) is 0. The Balaban J connectivity index is 0.000000143. The van der Waals surface area contributed by atoms with E-state index < -0.39 is 0 Å². The number of para-hydroxylation sites is 6. The molecule has 0 bridgehead atoms. The summed E-state index contributed by atoms with van der Waals surface area (Å²) in [4.78, 5) is 35.9. The van der Waals surface area contributed by atoms with Crippen molar-refractivity contribution in [3.05, 3.63) is 406 Å². The average molecular weight is 1450 g/mol. The summed E-state index contributed by atoms with van der Waals surface area (Å²) in [5.74, 6) is 2.64. The Bertz CT molecular complexity index is 6860. The topological polar surface area (TPSA) is 100 Å². The van der Waals surface area contributed by atoms with Crippen LogP contribution in [0.2, 0.25) is 0 Å². The summed E-state index contributed by atoms with van der Waals surface area (Å²) in [6.07, 6.45) is 0. The molecule has 0 aliphatic heterocycles. The van der Waals surface area contributed by atoms with Crippen LogP contribution < -0.4 is 0 Å². The zero-order valence-corrected chi connectivity index (χ0v) is 61.7. The van der Waals surface area contributed by atoms with Crippen molar-refractivity contribution in [2.24, 2.45) is 0 Å². The smallest absolute Gasteiger partial charge is 0.164 e. The van der Waals surface area contributed by atoms with Crippen molar-refractivity contribution in [3.63, 3.8) is 0 Å². The molecule has 532 valence electrons. The van der Waals surface area contributed by atoms with Crippen molar-refractivity contribution in [1.82, 2.24) is 44.0 Å². The lowest BCUT2D eigenvalue weighted by molar-refractivity contribution is 1.08. The average Bonchev–Trinajstić information content (AvgIpc) is 1.56. The molecule has 22 rings (SSSR count). The van der Waals surface area contributed by atoms with Gasteiger partial charge in [0, 0.05) is 88.2 Å². The number of hydrogen-bond donors (Lipinski definition) is 0. The van der Waals surface area contributed by atoms with Crippen LogP contribution in [0.1, 0.15) is 0 Å². The zero-order valence-electron chi connectivity index (χ0n) is 61.7. The van der Waals surface area contributed by atoms with Gasteiger partial charge in [0.05, 0.1) is 55.9 Å². The molecule has 0 unspecified atom stereocenters. The molecule has 0 radical (unpaired) electrons. The molecular formula is C105H67N9. The van der Waals surface area contributed by atoms with E-state index in [0.29, 0.717) is 23.3 Å². The maximum atomic E-state index is 5.36. The van der Waals surface area contributed by atoms with E-state index in [-0.39, 0.29) is 0 Å². The van der Waals surface area contributed by atoms with E-state index in [0.717, 1.165) is 161 Å². The lowest BCUT2D eigenvalue weighted by atomic mass is 9.92. The summed E-state index contributed by atoms with van der Waals surface area (Å²) in [6, 6.07) is 142. The first-order valence-electron chi connectivity index (χ1n) is 38.4. The fourth-order valence-corrected chi connectivity index (χ4v) is 16.6. The highest BCUT2D eigenvalue weighted by atomic mass is 15.0. The van der Waals surface area contributed by atoms with Gasteiger partial charge < -0.3 is 9.13 Å². The van der Waals surface area contributed by atoms with Crippen molar-refractivity contribution in [2.75, 3.05) is 0 Å². The van der Waals surface area contributed by atoms with Gasteiger partial charge in [0.15, 0.2) is 23.3 Å². The summed E-state index contributed by atoms with van der Waals surface area (Å²) >= 11 is 0. The molecule has 114 heavy (non-hydrogen) atoms. The first kappa shape index (κ1) is 66.7. The van der Waals surface area contributed by atoms with Crippen LogP contribution in [0.3, 0.4) is 0 Å². The molecule has 6 heterocycles. The number of nitrogens with zero attached hydrogens (tertiary/aromatic N) is 9. The minimum absolute atomic E-state index is 0.641. The number of fused-ring (bicyclic) bond motifs is 12. The maximum absolute atomic E-state index is 5.36. The van der Waals surface area contributed by atoms with E-state index in [9.17, 15) is 0 Å². The fourth-order valence-electron chi connectivity index (χ4n) is 16.6. The predicted molar refractivity (Wildman–Crippen MR) is 471 cm³/mol. The third kappa shape index (κ3) is 11.9.